The predicted molar refractivity (Wildman–Crippen MR) is 76.7 cm³/mol. The van der Waals surface area contributed by atoms with Gasteiger partial charge in [-0.3, -0.25) is 9.69 Å². The van der Waals surface area contributed by atoms with Crippen molar-refractivity contribution in [3.05, 3.63) is 29.6 Å². The molecule has 0 bridgehead atoms. The van der Waals surface area contributed by atoms with Crippen molar-refractivity contribution in [3.8, 4) is 0 Å². The lowest BCUT2D eigenvalue weighted by Crippen LogP contribution is -2.50. The molecule has 0 aromatic heterocycles. The van der Waals surface area contributed by atoms with Crippen molar-refractivity contribution in [3.63, 3.8) is 0 Å². The maximum atomic E-state index is 13.1. The summed E-state index contributed by atoms with van der Waals surface area (Å²) in [6.45, 7) is 7.39. The first-order valence-corrected chi connectivity index (χ1v) is 6.83. The van der Waals surface area contributed by atoms with Crippen LogP contribution in [0.5, 0.6) is 0 Å². The number of benzene rings is 1. The Hall–Kier alpha value is -1.46. The van der Waals surface area contributed by atoms with Gasteiger partial charge in [0, 0.05) is 44.0 Å². The van der Waals surface area contributed by atoms with Crippen molar-refractivity contribution in [2.75, 3.05) is 37.6 Å². The Morgan fingerprint density at radius 2 is 1.95 bits per heavy atom. The number of carbonyl (C=O) groups is 1. The van der Waals surface area contributed by atoms with Gasteiger partial charge in [-0.05, 0) is 32.0 Å². The number of anilines is 1. The zero-order valence-corrected chi connectivity index (χ0v) is 12.0. The van der Waals surface area contributed by atoms with Crippen LogP contribution >= 0.6 is 0 Å². The molecule has 0 amide bonds. The standard InChI is InChI=1S/C15H21FN2O2/c1-15(2,20)11-17-5-7-18(8-6-17)14-4-3-13(16)9-12(14)10-19/h3-4,9-10,20H,5-8,11H2,1-2H3. The van der Waals surface area contributed by atoms with Crippen LogP contribution in [0.1, 0.15) is 24.2 Å². The molecular weight excluding hydrogens is 259 g/mol. The number of piperazine rings is 1. The van der Waals surface area contributed by atoms with E-state index in [1.807, 2.05) is 0 Å². The fourth-order valence-corrected chi connectivity index (χ4v) is 2.60. The van der Waals surface area contributed by atoms with E-state index in [-0.39, 0.29) is 0 Å². The molecule has 0 saturated carbocycles. The van der Waals surface area contributed by atoms with Crippen molar-refractivity contribution >= 4 is 12.0 Å². The molecule has 1 aromatic carbocycles. The summed E-state index contributed by atoms with van der Waals surface area (Å²) in [5.41, 5.74) is 0.469. The lowest BCUT2D eigenvalue weighted by molar-refractivity contribution is 0.0345. The number of β-amino-alcohol motifs (C(OH)–C–C–N with tert-alkyl or cyclic N) is 1. The lowest BCUT2D eigenvalue weighted by atomic mass is 10.1. The number of aliphatic hydroxyl groups is 1. The fourth-order valence-electron chi connectivity index (χ4n) is 2.60. The fraction of sp³-hybridized carbons (Fsp3) is 0.533. The number of halogens is 1. The third-order valence-electron chi connectivity index (χ3n) is 3.44. The first kappa shape index (κ1) is 14.9. The Morgan fingerprint density at radius 3 is 2.50 bits per heavy atom. The summed E-state index contributed by atoms with van der Waals surface area (Å²) < 4.78 is 13.1. The van der Waals surface area contributed by atoms with Gasteiger partial charge in [-0.15, -0.1) is 0 Å². The maximum Gasteiger partial charge on any atom is 0.152 e. The molecule has 20 heavy (non-hydrogen) atoms. The molecule has 5 heteroatoms. The van der Waals surface area contributed by atoms with Crippen LogP contribution in [0.25, 0.3) is 0 Å². The molecule has 2 rings (SSSR count). The Labute approximate surface area is 118 Å². The summed E-state index contributed by atoms with van der Waals surface area (Å²) in [6, 6.07) is 4.31. The van der Waals surface area contributed by atoms with E-state index in [9.17, 15) is 14.3 Å². The average molecular weight is 280 g/mol. The van der Waals surface area contributed by atoms with Crippen molar-refractivity contribution in [1.29, 1.82) is 0 Å². The maximum absolute atomic E-state index is 13.1. The van der Waals surface area contributed by atoms with E-state index in [0.29, 0.717) is 18.4 Å². The van der Waals surface area contributed by atoms with Crippen molar-refractivity contribution < 1.29 is 14.3 Å². The molecule has 0 spiro atoms. The first-order chi connectivity index (χ1) is 9.39. The minimum absolute atomic E-state index is 0.390. The van der Waals surface area contributed by atoms with Crippen LogP contribution in [0.2, 0.25) is 0 Å². The summed E-state index contributed by atoms with van der Waals surface area (Å²) in [6.07, 6.45) is 0.696. The quantitative estimate of drug-likeness (QED) is 0.850. The Kier molecular flexibility index (Phi) is 4.40. The number of nitrogens with zero attached hydrogens (tertiary/aromatic N) is 2. The van der Waals surface area contributed by atoms with Gasteiger partial charge in [-0.2, -0.15) is 0 Å². The molecule has 1 fully saturated rings. The van der Waals surface area contributed by atoms with Gasteiger partial charge < -0.3 is 10.0 Å². The normalized spacial score (nSPS) is 17.3. The second-order valence-corrected chi connectivity index (χ2v) is 5.90. The Bertz CT molecular complexity index is 477. The largest absolute Gasteiger partial charge is 0.389 e. The zero-order valence-electron chi connectivity index (χ0n) is 12.0. The van der Waals surface area contributed by atoms with Crippen LogP contribution < -0.4 is 4.90 Å². The van der Waals surface area contributed by atoms with Crippen LogP contribution in [-0.2, 0) is 0 Å². The number of aldehydes is 1. The second kappa shape index (κ2) is 5.89. The summed E-state index contributed by atoms with van der Waals surface area (Å²) in [5.74, 6) is -0.392. The van der Waals surface area contributed by atoms with Crippen molar-refractivity contribution in [2.24, 2.45) is 0 Å². The third kappa shape index (κ3) is 3.77. The van der Waals surface area contributed by atoms with E-state index in [4.69, 9.17) is 0 Å². The molecule has 1 aliphatic rings. The van der Waals surface area contributed by atoms with Crippen molar-refractivity contribution in [1.82, 2.24) is 4.90 Å². The van der Waals surface area contributed by atoms with Gasteiger partial charge in [0.25, 0.3) is 0 Å². The van der Waals surface area contributed by atoms with Crippen LogP contribution in [-0.4, -0.2) is 54.6 Å². The van der Waals surface area contributed by atoms with Gasteiger partial charge in [0.2, 0.25) is 0 Å². The summed E-state index contributed by atoms with van der Waals surface area (Å²) in [5, 5.41) is 9.82. The highest BCUT2D eigenvalue weighted by Gasteiger charge is 2.23. The van der Waals surface area contributed by atoms with Gasteiger partial charge in [0.1, 0.15) is 5.82 Å². The SMILES string of the molecule is CC(C)(O)CN1CCN(c2ccc(F)cc2C=O)CC1. The minimum Gasteiger partial charge on any atom is -0.389 e. The highest BCUT2D eigenvalue weighted by Crippen LogP contribution is 2.22. The van der Waals surface area contributed by atoms with E-state index >= 15 is 0 Å². The van der Waals surface area contributed by atoms with Crippen LogP contribution in [0.3, 0.4) is 0 Å². The summed E-state index contributed by atoms with van der Waals surface area (Å²) in [7, 11) is 0. The molecule has 1 aliphatic heterocycles. The molecule has 1 saturated heterocycles. The number of hydrogen-bond donors (Lipinski definition) is 1. The van der Waals surface area contributed by atoms with Crippen LogP contribution in [0.4, 0.5) is 10.1 Å². The molecule has 0 unspecified atom stereocenters. The summed E-state index contributed by atoms with van der Waals surface area (Å²) in [4.78, 5) is 15.3. The molecule has 110 valence electrons. The number of carbonyl (C=O) groups excluding carboxylic acids is 1. The smallest absolute Gasteiger partial charge is 0.152 e. The third-order valence-corrected chi connectivity index (χ3v) is 3.44. The van der Waals surface area contributed by atoms with Gasteiger partial charge >= 0.3 is 0 Å². The van der Waals surface area contributed by atoms with E-state index < -0.39 is 11.4 Å². The Morgan fingerprint density at radius 1 is 1.30 bits per heavy atom. The number of rotatable bonds is 4. The molecule has 1 heterocycles. The van der Waals surface area contributed by atoms with Crippen LogP contribution in [0.15, 0.2) is 18.2 Å². The molecular formula is C15H21FN2O2. The lowest BCUT2D eigenvalue weighted by Gasteiger charge is -2.38. The molecule has 1 N–H and O–H groups in total. The Balaban J connectivity index is 2.02. The van der Waals surface area contributed by atoms with E-state index in [1.54, 1.807) is 19.9 Å². The monoisotopic (exact) mass is 280 g/mol. The van der Waals surface area contributed by atoms with E-state index in [2.05, 4.69) is 9.80 Å². The molecule has 1 aromatic rings. The summed E-state index contributed by atoms with van der Waals surface area (Å²) >= 11 is 0. The minimum atomic E-state index is -0.702. The molecule has 0 radical (unpaired) electrons. The van der Waals surface area contributed by atoms with Crippen molar-refractivity contribution in [2.45, 2.75) is 19.4 Å². The molecule has 4 nitrogen and oxygen atoms in total. The van der Waals surface area contributed by atoms with Gasteiger partial charge in [-0.1, -0.05) is 0 Å². The zero-order chi connectivity index (χ0) is 14.8. The average Bonchev–Trinajstić information content (AvgIpc) is 2.38. The molecule has 0 aliphatic carbocycles. The second-order valence-electron chi connectivity index (χ2n) is 5.90. The highest BCUT2D eigenvalue weighted by molar-refractivity contribution is 5.84. The van der Waals surface area contributed by atoms with Crippen LogP contribution in [0, 0.1) is 5.82 Å². The van der Waals surface area contributed by atoms with Gasteiger partial charge in [0.15, 0.2) is 6.29 Å². The van der Waals surface area contributed by atoms with E-state index in [1.165, 1.54) is 12.1 Å². The predicted octanol–water partition coefficient (Wildman–Crippen LogP) is 1.53. The first-order valence-electron chi connectivity index (χ1n) is 6.83. The van der Waals surface area contributed by atoms with Gasteiger partial charge in [0.05, 0.1) is 5.60 Å². The highest BCUT2D eigenvalue weighted by atomic mass is 19.1. The van der Waals surface area contributed by atoms with E-state index in [0.717, 1.165) is 31.9 Å². The topological polar surface area (TPSA) is 43.8 Å². The number of hydrogen-bond acceptors (Lipinski definition) is 4. The van der Waals surface area contributed by atoms with Gasteiger partial charge in [-0.25, -0.2) is 4.39 Å². The molecule has 0 atom stereocenters.